The lowest BCUT2D eigenvalue weighted by Gasteiger charge is -2.19. The van der Waals surface area contributed by atoms with E-state index in [-0.39, 0.29) is 51.6 Å². The third-order valence-corrected chi connectivity index (χ3v) is 6.89. The summed E-state index contributed by atoms with van der Waals surface area (Å²) in [5, 5.41) is 34.6. The first-order valence-corrected chi connectivity index (χ1v) is 15.8. The van der Waals surface area contributed by atoms with Crippen LogP contribution in [0.25, 0.3) is 0 Å². The Kier molecular flexibility index (Phi) is 19.6. The molecule has 1 aromatic carbocycles. The lowest BCUT2D eigenvalue weighted by molar-refractivity contribution is -0.131. The van der Waals surface area contributed by atoms with Gasteiger partial charge in [-0.25, -0.2) is 0 Å². The van der Waals surface area contributed by atoms with E-state index in [1.165, 1.54) is 19.1 Å². The maximum absolute atomic E-state index is 12.8. The Morgan fingerprint density at radius 1 is 0.686 bits per heavy atom. The van der Waals surface area contributed by atoms with E-state index in [1.807, 2.05) is 6.07 Å². The van der Waals surface area contributed by atoms with Crippen molar-refractivity contribution in [2.75, 3.05) is 32.8 Å². The van der Waals surface area contributed by atoms with E-state index in [0.717, 1.165) is 0 Å². The number of nitrogens with one attached hydrogen (secondary N) is 7. The van der Waals surface area contributed by atoms with E-state index in [9.17, 15) is 43.2 Å². The molecule has 12 N–H and O–H groups in total. The van der Waals surface area contributed by atoms with E-state index >= 15 is 0 Å². The molecule has 0 aliphatic rings. The Hall–Kier alpha value is -6.10. The largest absolute Gasteiger partial charge is 0.396 e. The van der Waals surface area contributed by atoms with Crippen molar-refractivity contribution in [3.05, 3.63) is 35.4 Å². The van der Waals surface area contributed by atoms with Gasteiger partial charge < -0.3 is 53.8 Å². The minimum Gasteiger partial charge on any atom is -0.396 e. The van der Waals surface area contributed by atoms with Gasteiger partial charge in [-0.2, -0.15) is 5.26 Å². The molecule has 1 aromatic rings. The highest BCUT2D eigenvalue weighted by Crippen LogP contribution is 2.07. The van der Waals surface area contributed by atoms with E-state index in [0.29, 0.717) is 11.1 Å². The monoisotopic (exact) mass is 716 g/mol. The number of carbonyl (C=O) groups is 9. The number of amides is 9. The van der Waals surface area contributed by atoms with Crippen LogP contribution in [-0.2, 0) is 49.6 Å². The third kappa shape index (κ3) is 18.9. The number of rotatable bonds is 23. The zero-order valence-corrected chi connectivity index (χ0v) is 28.0. The van der Waals surface area contributed by atoms with Crippen LogP contribution >= 0.6 is 0 Å². The Morgan fingerprint density at radius 2 is 1.24 bits per heavy atom. The second kappa shape index (κ2) is 23.3. The number of aliphatic hydroxyl groups is 1. The van der Waals surface area contributed by atoms with Gasteiger partial charge in [0, 0.05) is 32.7 Å². The van der Waals surface area contributed by atoms with Gasteiger partial charge in [0.05, 0.1) is 37.9 Å². The highest BCUT2D eigenvalue weighted by Gasteiger charge is 2.23. The summed E-state index contributed by atoms with van der Waals surface area (Å²) in [5.74, 6) is -6.19. The normalized spacial score (nSPS) is 12.0. The van der Waals surface area contributed by atoms with E-state index < -0.39 is 91.0 Å². The number of aliphatic hydroxyl groups excluding tert-OH is 1. The minimum absolute atomic E-state index is 0.0223. The van der Waals surface area contributed by atoms with Crippen molar-refractivity contribution < 1.29 is 48.3 Å². The molecule has 0 radical (unpaired) electrons. The molecule has 3 unspecified atom stereocenters. The summed E-state index contributed by atoms with van der Waals surface area (Å²) in [6.07, 6.45) is -0.296. The molecule has 0 fully saturated rings. The van der Waals surface area contributed by atoms with Gasteiger partial charge in [-0.15, -0.1) is 0 Å². The van der Waals surface area contributed by atoms with Crippen molar-refractivity contribution >= 4 is 53.2 Å². The van der Waals surface area contributed by atoms with Crippen LogP contribution in [0.2, 0.25) is 0 Å². The van der Waals surface area contributed by atoms with Gasteiger partial charge in [0.15, 0.2) is 0 Å². The Balaban J connectivity index is 2.49. The highest BCUT2D eigenvalue weighted by molar-refractivity contribution is 5.93. The molecule has 3 atom stereocenters. The molecule has 51 heavy (non-hydrogen) atoms. The number of primary amides is 2. The highest BCUT2D eigenvalue weighted by atomic mass is 16.3. The number of hydrogen-bond acceptors (Lipinski definition) is 11. The molecule has 9 amide bonds. The van der Waals surface area contributed by atoms with Crippen LogP contribution in [0.5, 0.6) is 0 Å². The van der Waals surface area contributed by atoms with Gasteiger partial charge in [0.2, 0.25) is 53.2 Å². The van der Waals surface area contributed by atoms with Crippen LogP contribution in [0.1, 0.15) is 50.2 Å². The molecule has 0 saturated heterocycles. The molecule has 20 heteroatoms. The van der Waals surface area contributed by atoms with E-state index in [2.05, 4.69) is 37.2 Å². The summed E-state index contributed by atoms with van der Waals surface area (Å²) >= 11 is 0. The van der Waals surface area contributed by atoms with E-state index in [4.69, 9.17) is 21.8 Å². The molecule has 0 aliphatic heterocycles. The summed E-state index contributed by atoms with van der Waals surface area (Å²) in [6, 6.07) is 4.84. The standard InChI is InChI=1S/C31H44N10O10/c1-18(43)36-16-27(47)40-22(30(34)50)8-9-24(44)35-11-2-3-21(29(33)49)39-28(48)17-37-26(46)15-38-31(51)23(41-25(45)10-12-42)13-19-4-6-20(14-32)7-5-19/h4-7,21-23,42H,2-3,8-13,15-17H2,1H3,(H2,33,49)(H2,34,50)(H,35,44)(H,36,43)(H,37,46)(H,38,51)(H,39,48)(H,40,47)(H,41,45). The molecule has 0 heterocycles. The zero-order valence-electron chi connectivity index (χ0n) is 28.0. The molecule has 0 aliphatic carbocycles. The average molecular weight is 717 g/mol. The minimum atomic E-state index is -1.15. The number of nitriles is 1. The summed E-state index contributed by atoms with van der Waals surface area (Å²) in [6.45, 7) is -0.665. The van der Waals surface area contributed by atoms with Gasteiger partial charge in [0.25, 0.3) is 0 Å². The molecule has 278 valence electrons. The number of nitrogens with zero attached hydrogens (tertiary/aromatic N) is 1. The first kappa shape index (κ1) is 42.9. The fourth-order valence-electron chi connectivity index (χ4n) is 4.22. The molecule has 0 spiro atoms. The lowest BCUT2D eigenvalue weighted by atomic mass is 10.0. The molecular formula is C31H44N10O10. The predicted octanol–water partition coefficient (Wildman–Crippen LogP) is -5.05. The SMILES string of the molecule is CC(=O)NCC(=O)NC(CCC(=O)NCCCC(NC(=O)CNC(=O)CNC(=O)C(Cc1ccc(C#N)cc1)NC(=O)CCO)C(N)=O)C(N)=O. The van der Waals surface area contributed by atoms with Crippen molar-refractivity contribution in [3.8, 4) is 6.07 Å². The summed E-state index contributed by atoms with van der Waals surface area (Å²) in [7, 11) is 0. The Morgan fingerprint density at radius 3 is 1.78 bits per heavy atom. The second-order valence-corrected chi connectivity index (χ2v) is 11.1. The van der Waals surface area contributed by atoms with Crippen molar-refractivity contribution in [2.24, 2.45) is 11.5 Å². The van der Waals surface area contributed by atoms with Gasteiger partial charge in [0.1, 0.15) is 18.1 Å². The summed E-state index contributed by atoms with van der Waals surface area (Å²) in [5.41, 5.74) is 11.6. The van der Waals surface area contributed by atoms with Crippen LogP contribution < -0.4 is 48.7 Å². The lowest BCUT2D eigenvalue weighted by Crippen LogP contribution is -2.51. The second-order valence-electron chi connectivity index (χ2n) is 11.1. The maximum Gasteiger partial charge on any atom is 0.243 e. The van der Waals surface area contributed by atoms with Crippen molar-refractivity contribution in [1.82, 2.24) is 37.2 Å². The van der Waals surface area contributed by atoms with Crippen LogP contribution in [0.15, 0.2) is 24.3 Å². The third-order valence-electron chi connectivity index (χ3n) is 6.89. The molecule has 0 saturated carbocycles. The first-order chi connectivity index (χ1) is 24.1. The number of nitrogens with two attached hydrogens (primary N) is 2. The van der Waals surface area contributed by atoms with Gasteiger partial charge in [-0.05, 0) is 37.0 Å². The van der Waals surface area contributed by atoms with Crippen LogP contribution in [0.4, 0.5) is 0 Å². The number of hydrogen-bond donors (Lipinski definition) is 10. The van der Waals surface area contributed by atoms with Gasteiger partial charge >= 0.3 is 0 Å². The fraction of sp³-hybridized carbons (Fsp3) is 0.484. The predicted molar refractivity (Wildman–Crippen MR) is 177 cm³/mol. The van der Waals surface area contributed by atoms with Crippen molar-refractivity contribution in [3.63, 3.8) is 0 Å². The smallest absolute Gasteiger partial charge is 0.243 e. The fourth-order valence-corrected chi connectivity index (χ4v) is 4.22. The number of carbonyl (C=O) groups excluding carboxylic acids is 9. The topological polar surface area (TPSA) is 334 Å². The molecule has 0 aromatic heterocycles. The van der Waals surface area contributed by atoms with Gasteiger partial charge in [-0.1, -0.05) is 12.1 Å². The van der Waals surface area contributed by atoms with Crippen LogP contribution in [0.3, 0.4) is 0 Å². The maximum atomic E-state index is 12.8. The first-order valence-electron chi connectivity index (χ1n) is 15.8. The Labute approximate surface area is 293 Å². The van der Waals surface area contributed by atoms with E-state index in [1.54, 1.807) is 12.1 Å². The molecule has 20 nitrogen and oxygen atoms in total. The molecular weight excluding hydrogens is 672 g/mol. The summed E-state index contributed by atoms with van der Waals surface area (Å²) < 4.78 is 0. The number of benzene rings is 1. The van der Waals surface area contributed by atoms with Crippen molar-refractivity contribution in [1.29, 1.82) is 5.26 Å². The Bertz CT molecular complexity index is 1460. The zero-order chi connectivity index (χ0) is 38.3. The average Bonchev–Trinajstić information content (AvgIpc) is 3.08. The van der Waals surface area contributed by atoms with Crippen LogP contribution in [-0.4, -0.2) is 109 Å². The quantitative estimate of drug-likeness (QED) is 0.0478. The molecule has 0 bridgehead atoms. The van der Waals surface area contributed by atoms with Crippen molar-refractivity contribution in [2.45, 2.75) is 63.6 Å². The molecule has 1 rings (SSSR count). The summed E-state index contributed by atoms with van der Waals surface area (Å²) in [4.78, 5) is 108. The van der Waals surface area contributed by atoms with Crippen LogP contribution in [0, 0.1) is 11.3 Å². The van der Waals surface area contributed by atoms with Gasteiger partial charge in [-0.3, -0.25) is 43.2 Å².